The number of nitrogens with zero attached hydrogens (tertiary/aromatic N) is 1. The third-order valence-corrected chi connectivity index (χ3v) is 4.25. The van der Waals surface area contributed by atoms with Crippen molar-refractivity contribution >= 4 is 33.5 Å². The number of amides is 1. The summed E-state index contributed by atoms with van der Waals surface area (Å²) in [7, 11) is -3.43. The second-order valence-electron chi connectivity index (χ2n) is 5.05. The maximum atomic E-state index is 12.7. The molecule has 1 aromatic rings. The summed E-state index contributed by atoms with van der Waals surface area (Å²) in [5.74, 6) is -2.33. The lowest BCUT2D eigenvalue weighted by molar-refractivity contribution is -0.117. The number of methoxy groups -OCH3 is 1. The second kappa shape index (κ2) is 5.91. The van der Waals surface area contributed by atoms with Crippen molar-refractivity contribution in [3.63, 3.8) is 0 Å². The summed E-state index contributed by atoms with van der Waals surface area (Å²) in [6.07, 6.45) is -0.0922. The number of halogens is 1. The normalized spacial score (nSPS) is 18.5. The number of benzene rings is 1. The van der Waals surface area contributed by atoms with Crippen LogP contribution < -0.4 is 10.6 Å². The van der Waals surface area contributed by atoms with Crippen molar-refractivity contribution in [3.05, 3.63) is 23.8 Å². The number of hydrogen-bond donors (Lipinski definition) is 1. The van der Waals surface area contributed by atoms with Crippen molar-refractivity contribution in [2.45, 2.75) is 6.42 Å². The molecule has 0 aromatic heterocycles. The van der Waals surface area contributed by atoms with Gasteiger partial charge in [0.25, 0.3) is 0 Å². The van der Waals surface area contributed by atoms with Gasteiger partial charge in [0, 0.05) is 18.9 Å². The van der Waals surface area contributed by atoms with Crippen molar-refractivity contribution in [1.82, 2.24) is 0 Å². The molecular weight excluding hydrogens is 315 g/mol. The Kier molecular flexibility index (Phi) is 4.36. The Labute approximate surface area is 127 Å². The summed E-state index contributed by atoms with van der Waals surface area (Å²) in [6.45, 7) is 0.0246. The maximum absolute atomic E-state index is 12.7. The van der Waals surface area contributed by atoms with Crippen molar-refractivity contribution in [1.29, 1.82) is 0 Å². The molecule has 1 amide bonds. The number of carbonyl (C=O) groups excluding carboxylic acids is 2. The molecule has 1 saturated heterocycles. The van der Waals surface area contributed by atoms with Crippen LogP contribution >= 0.6 is 0 Å². The van der Waals surface area contributed by atoms with Crippen LogP contribution in [-0.4, -0.2) is 39.7 Å². The molecule has 0 spiro atoms. The third-order valence-electron chi connectivity index (χ3n) is 3.38. The molecular formula is C13H15FN2O5S. The molecule has 1 aliphatic heterocycles. The molecule has 2 rings (SSSR count). The van der Waals surface area contributed by atoms with E-state index in [1.165, 1.54) is 30.2 Å². The molecule has 9 heteroatoms. The fourth-order valence-electron chi connectivity index (χ4n) is 2.43. The largest absolute Gasteiger partial charge is 0.465 e. The molecule has 1 heterocycles. The average Bonchev–Trinajstić information content (AvgIpc) is 2.76. The number of rotatable bonds is 4. The van der Waals surface area contributed by atoms with Gasteiger partial charge in [-0.15, -0.1) is 3.89 Å². The van der Waals surface area contributed by atoms with Crippen LogP contribution in [0.1, 0.15) is 16.8 Å². The highest BCUT2D eigenvalue weighted by Gasteiger charge is 2.34. The minimum absolute atomic E-state index is 0.0246. The van der Waals surface area contributed by atoms with Crippen molar-refractivity contribution in [3.8, 4) is 0 Å². The van der Waals surface area contributed by atoms with E-state index in [-0.39, 0.29) is 35.8 Å². The molecule has 0 saturated carbocycles. The number of nitrogen functional groups attached to an aromatic ring is 1. The van der Waals surface area contributed by atoms with Crippen molar-refractivity contribution in [2.75, 3.05) is 30.0 Å². The van der Waals surface area contributed by atoms with Gasteiger partial charge < -0.3 is 15.4 Å². The predicted molar refractivity (Wildman–Crippen MR) is 77.5 cm³/mol. The molecule has 120 valence electrons. The zero-order valence-electron chi connectivity index (χ0n) is 11.8. The molecule has 1 fully saturated rings. The maximum Gasteiger partial charge on any atom is 0.337 e. The van der Waals surface area contributed by atoms with Crippen molar-refractivity contribution in [2.24, 2.45) is 5.92 Å². The van der Waals surface area contributed by atoms with E-state index in [9.17, 15) is 21.9 Å². The Balaban J connectivity index is 2.28. The number of anilines is 2. The van der Waals surface area contributed by atoms with E-state index in [4.69, 9.17) is 5.73 Å². The summed E-state index contributed by atoms with van der Waals surface area (Å²) in [5, 5.41) is 0. The number of nitrogens with two attached hydrogens (primary N) is 1. The zero-order chi connectivity index (χ0) is 16.5. The third kappa shape index (κ3) is 3.53. The van der Waals surface area contributed by atoms with E-state index in [0.29, 0.717) is 0 Å². The molecule has 22 heavy (non-hydrogen) atoms. The van der Waals surface area contributed by atoms with Gasteiger partial charge in [-0.2, -0.15) is 8.42 Å². The smallest absolute Gasteiger partial charge is 0.337 e. The minimum Gasteiger partial charge on any atom is -0.465 e. The molecule has 1 aliphatic rings. The molecule has 0 radical (unpaired) electrons. The zero-order valence-corrected chi connectivity index (χ0v) is 12.6. The Morgan fingerprint density at radius 1 is 1.50 bits per heavy atom. The van der Waals surface area contributed by atoms with Crippen LogP contribution in [0.2, 0.25) is 0 Å². The molecule has 0 bridgehead atoms. The number of ether oxygens (including phenoxy) is 1. The van der Waals surface area contributed by atoms with Crippen LogP contribution in [0.3, 0.4) is 0 Å². The van der Waals surface area contributed by atoms with Gasteiger partial charge in [-0.1, -0.05) is 0 Å². The van der Waals surface area contributed by atoms with Gasteiger partial charge in [-0.25, -0.2) is 4.79 Å². The van der Waals surface area contributed by atoms with E-state index < -0.39 is 27.9 Å². The summed E-state index contributed by atoms with van der Waals surface area (Å²) >= 11 is 0. The number of carbonyl (C=O) groups is 2. The molecule has 1 aromatic carbocycles. The number of hydrogen-bond acceptors (Lipinski definition) is 6. The van der Waals surface area contributed by atoms with Crippen LogP contribution in [0.15, 0.2) is 18.2 Å². The van der Waals surface area contributed by atoms with Crippen LogP contribution in [0, 0.1) is 5.92 Å². The van der Waals surface area contributed by atoms with E-state index >= 15 is 0 Å². The van der Waals surface area contributed by atoms with E-state index in [1.54, 1.807) is 0 Å². The first-order valence-corrected chi connectivity index (χ1v) is 7.97. The van der Waals surface area contributed by atoms with Gasteiger partial charge in [0.2, 0.25) is 5.91 Å². The SMILES string of the molecule is COC(=O)c1ccc(N)c(N2CC(CS(=O)(=O)F)CC2=O)c1. The molecule has 1 unspecified atom stereocenters. The number of esters is 1. The van der Waals surface area contributed by atoms with Gasteiger partial charge in [0.15, 0.2) is 0 Å². The van der Waals surface area contributed by atoms with Crippen molar-refractivity contribution < 1.29 is 26.6 Å². The van der Waals surface area contributed by atoms with Gasteiger partial charge in [-0.3, -0.25) is 4.79 Å². The lowest BCUT2D eigenvalue weighted by Gasteiger charge is -2.19. The summed E-state index contributed by atoms with van der Waals surface area (Å²) in [4.78, 5) is 24.8. The Hall–Kier alpha value is -2.16. The topological polar surface area (TPSA) is 107 Å². The fourth-order valence-corrected chi connectivity index (χ4v) is 3.22. The van der Waals surface area contributed by atoms with E-state index in [0.717, 1.165) is 0 Å². The highest BCUT2D eigenvalue weighted by Crippen LogP contribution is 2.31. The van der Waals surface area contributed by atoms with Crippen LogP contribution in [0.5, 0.6) is 0 Å². The van der Waals surface area contributed by atoms with Gasteiger partial charge in [-0.05, 0) is 18.2 Å². The highest BCUT2D eigenvalue weighted by molar-refractivity contribution is 7.86. The molecule has 1 atom stereocenters. The lowest BCUT2D eigenvalue weighted by Crippen LogP contribution is -2.26. The molecule has 2 N–H and O–H groups in total. The first kappa shape index (κ1) is 16.2. The Morgan fingerprint density at radius 3 is 2.77 bits per heavy atom. The predicted octanol–water partition coefficient (Wildman–Crippen LogP) is 0.708. The molecule has 0 aliphatic carbocycles. The fraction of sp³-hybridized carbons (Fsp3) is 0.385. The van der Waals surface area contributed by atoms with E-state index in [2.05, 4.69) is 4.74 Å². The van der Waals surface area contributed by atoms with Crippen LogP contribution in [-0.2, 0) is 19.8 Å². The first-order valence-electron chi connectivity index (χ1n) is 6.42. The van der Waals surface area contributed by atoms with E-state index in [1.807, 2.05) is 0 Å². The van der Waals surface area contributed by atoms with Gasteiger partial charge >= 0.3 is 16.2 Å². The second-order valence-corrected chi connectivity index (χ2v) is 6.46. The first-order chi connectivity index (χ1) is 10.2. The summed E-state index contributed by atoms with van der Waals surface area (Å²) in [6, 6.07) is 4.30. The lowest BCUT2D eigenvalue weighted by atomic mass is 10.1. The van der Waals surface area contributed by atoms with Gasteiger partial charge in [0.1, 0.15) is 0 Å². The van der Waals surface area contributed by atoms with Crippen LogP contribution in [0.25, 0.3) is 0 Å². The Morgan fingerprint density at radius 2 is 2.18 bits per heavy atom. The summed E-state index contributed by atoms with van der Waals surface area (Å²) in [5.41, 5.74) is 6.56. The average molecular weight is 330 g/mol. The molecule has 7 nitrogen and oxygen atoms in total. The summed E-state index contributed by atoms with van der Waals surface area (Å²) < 4.78 is 38.8. The van der Waals surface area contributed by atoms with Gasteiger partial charge in [0.05, 0.1) is 29.8 Å². The Bertz CT molecular complexity index is 719. The standard InChI is InChI=1S/C13H15FN2O5S/c1-21-13(18)9-2-3-10(15)11(5-9)16-6-8(4-12(16)17)7-22(14,19)20/h2-3,5,8H,4,6-7,15H2,1H3. The minimum atomic E-state index is -4.66. The van der Waals surface area contributed by atoms with Crippen LogP contribution in [0.4, 0.5) is 15.3 Å². The monoisotopic (exact) mass is 330 g/mol. The quantitative estimate of drug-likeness (QED) is 0.495. The highest BCUT2D eigenvalue weighted by atomic mass is 32.3.